The molecule has 3 aromatic heterocycles. The Balaban J connectivity index is 1.07. The van der Waals surface area contributed by atoms with E-state index in [9.17, 15) is 0 Å². The highest BCUT2D eigenvalue weighted by molar-refractivity contribution is 9.10. The summed E-state index contributed by atoms with van der Waals surface area (Å²) in [6.45, 7) is 34.6. The molecule has 93 heavy (non-hydrogen) atoms. The fourth-order valence-electron chi connectivity index (χ4n) is 14.1. The summed E-state index contributed by atoms with van der Waals surface area (Å²) >= 11 is 4.19. The molecule has 0 saturated heterocycles. The summed E-state index contributed by atoms with van der Waals surface area (Å²) in [4.78, 5) is 15.0. The van der Waals surface area contributed by atoms with Crippen LogP contribution in [0.1, 0.15) is 185 Å². The third-order valence-corrected chi connectivity index (χ3v) is 20.3. The lowest BCUT2D eigenvalue weighted by molar-refractivity contribution is 0.352. The molecule has 0 aliphatic heterocycles. The molecule has 11 aromatic rings. The van der Waals surface area contributed by atoms with Crippen LogP contribution >= 0.6 is 15.9 Å². The van der Waals surface area contributed by atoms with Crippen LogP contribution in [0.2, 0.25) is 0 Å². The highest BCUT2D eigenvalue weighted by atomic mass is 79.9. The van der Waals surface area contributed by atoms with E-state index in [2.05, 4.69) is 332 Å². The second-order valence-electron chi connectivity index (χ2n) is 31.5. The number of nitrogens with zero attached hydrogens (tertiary/aromatic N) is 3. The molecule has 470 valence electrons. The number of hydrogen-bond acceptors (Lipinski definition) is 3. The predicted molar refractivity (Wildman–Crippen MR) is 399 cm³/mol. The van der Waals surface area contributed by atoms with Crippen LogP contribution in [0.15, 0.2) is 235 Å². The van der Waals surface area contributed by atoms with Gasteiger partial charge in [0.05, 0.1) is 17.1 Å². The number of rotatable bonds is 11. The number of hydrogen-bond donors (Lipinski definition) is 0. The van der Waals surface area contributed by atoms with Crippen molar-refractivity contribution < 1.29 is 0 Å². The van der Waals surface area contributed by atoms with E-state index in [-0.39, 0.29) is 44.8 Å². The quantitative estimate of drug-likeness (QED) is 0.130. The van der Waals surface area contributed by atoms with Crippen LogP contribution in [0.5, 0.6) is 0 Å². The van der Waals surface area contributed by atoms with Gasteiger partial charge in [0.1, 0.15) is 0 Å². The number of benzene rings is 8. The molecule has 1 aliphatic rings. The summed E-state index contributed by atoms with van der Waals surface area (Å²) in [7, 11) is 0. The Kier molecular flexibility index (Phi) is 17.8. The molecule has 12 rings (SSSR count). The molecule has 1 aliphatic carbocycles. The molecule has 0 radical (unpaired) electrons. The number of halogens is 1. The molecule has 0 amide bonds. The van der Waals surface area contributed by atoms with Gasteiger partial charge in [0.2, 0.25) is 0 Å². The first kappa shape index (κ1) is 64.8. The van der Waals surface area contributed by atoms with Gasteiger partial charge in [-0.25, -0.2) is 0 Å². The van der Waals surface area contributed by atoms with E-state index in [1.807, 2.05) is 18.6 Å². The molecule has 0 N–H and O–H groups in total. The van der Waals surface area contributed by atoms with Gasteiger partial charge >= 0.3 is 0 Å². The van der Waals surface area contributed by atoms with E-state index in [1.165, 1.54) is 100 Å². The van der Waals surface area contributed by atoms with Crippen LogP contribution in [-0.2, 0) is 27.1 Å². The van der Waals surface area contributed by atoms with Gasteiger partial charge in [-0.2, -0.15) is 0 Å². The SMILES string of the molecule is CC(C)(C)c1ccnc(-c2ccc(-c3ccccc3C3CC(c4ccc(C(C)(C)C)cc4-c4ccc(-c5cc(C(C)(C)C)ccn5)cc4-c4ccccc4)CC(c4ccc(C(C)(C)C)cc4-c4ccc(-c5cc(C(C)(C)C)ccn5)cc4-c4ccccc4)C3)c(Br)c2)c1. The fourth-order valence-corrected chi connectivity index (χ4v) is 14.6. The van der Waals surface area contributed by atoms with Crippen LogP contribution in [-0.4, -0.2) is 15.0 Å². The molecule has 0 spiro atoms. The molecule has 2 unspecified atom stereocenters. The predicted octanol–water partition coefficient (Wildman–Crippen LogP) is 25.3. The smallest absolute Gasteiger partial charge is 0.0705 e. The lowest BCUT2D eigenvalue weighted by Gasteiger charge is -2.39. The topological polar surface area (TPSA) is 38.7 Å². The van der Waals surface area contributed by atoms with Gasteiger partial charge in [0.15, 0.2) is 0 Å². The first-order valence-corrected chi connectivity index (χ1v) is 34.4. The molecule has 3 heterocycles. The summed E-state index contributed by atoms with van der Waals surface area (Å²) in [6.07, 6.45) is 8.86. The zero-order chi connectivity index (χ0) is 65.8. The lowest BCUT2D eigenvalue weighted by Crippen LogP contribution is -2.22. The summed E-state index contributed by atoms with van der Waals surface area (Å²) in [5.41, 5.74) is 29.1. The third-order valence-electron chi connectivity index (χ3n) is 19.6. The zero-order valence-corrected chi connectivity index (χ0v) is 59.1. The second-order valence-corrected chi connectivity index (χ2v) is 32.3. The lowest BCUT2D eigenvalue weighted by atomic mass is 9.65. The van der Waals surface area contributed by atoms with Crippen molar-refractivity contribution in [2.45, 2.75) is 168 Å². The Morgan fingerprint density at radius 3 is 0.946 bits per heavy atom. The van der Waals surface area contributed by atoms with Crippen molar-refractivity contribution in [3.63, 3.8) is 0 Å². The maximum atomic E-state index is 5.03. The number of aromatic nitrogens is 3. The molecular formula is C89H92BrN3. The Hall–Kier alpha value is -8.31. The molecular weight excluding hydrogens is 1190 g/mol. The normalized spacial score (nSPS) is 15.7. The Morgan fingerprint density at radius 2 is 0.581 bits per heavy atom. The maximum Gasteiger partial charge on any atom is 0.0705 e. The van der Waals surface area contributed by atoms with E-state index < -0.39 is 0 Å². The van der Waals surface area contributed by atoms with Crippen LogP contribution < -0.4 is 0 Å². The highest BCUT2D eigenvalue weighted by Crippen LogP contribution is 2.55. The van der Waals surface area contributed by atoms with E-state index >= 15 is 0 Å². The van der Waals surface area contributed by atoms with Crippen LogP contribution in [0.3, 0.4) is 0 Å². The summed E-state index contributed by atoms with van der Waals surface area (Å²) in [6, 6.07) is 80.9. The minimum Gasteiger partial charge on any atom is -0.256 e. The minimum atomic E-state index is -0.0937. The minimum absolute atomic E-state index is 0.00556. The fraction of sp³-hybridized carbons (Fsp3) is 0.292. The van der Waals surface area contributed by atoms with E-state index in [1.54, 1.807) is 0 Å². The molecule has 1 fully saturated rings. The van der Waals surface area contributed by atoms with Gasteiger partial charge in [0, 0.05) is 39.8 Å². The zero-order valence-electron chi connectivity index (χ0n) is 57.5. The van der Waals surface area contributed by atoms with Crippen molar-refractivity contribution >= 4 is 15.9 Å². The standard InChI is InChI=1S/C89H92BrN3/c1-85(2,3)65-33-38-71(79(52-65)74-35-30-59(49-77(74)57-24-18-16-19-25-57)82-54-67(40-43-91-82)87(7,8)9)63-46-62(70-28-22-23-29-73(70)76-37-32-61(51-81(76)90)84-56-69(42-45-93-84)89(13,14)15)47-64(48-63)72-39-34-66(86(4,5)6)53-80(72)75-36-31-60(50-78(75)58-26-20-17-21-27-58)83-55-68(41-44-92-83)88(10,11)12/h16-45,49-56,62-64H,46-48H2,1-15H3. The van der Waals surface area contributed by atoms with E-state index in [0.717, 1.165) is 57.5 Å². The molecule has 2 atom stereocenters. The van der Waals surface area contributed by atoms with Crippen LogP contribution in [0.4, 0.5) is 0 Å². The second kappa shape index (κ2) is 25.5. The Morgan fingerprint density at radius 1 is 0.258 bits per heavy atom. The highest BCUT2D eigenvalue weighted by Gasteiger charge is 2.37. The molecule has 8 aromatic carbocycles. The van der Waals surface area contributed by atoms with Gasteiger partial charge < -0.3 is 0 Å². The van der Waals surface area contributed by atoms with Gasteiger partial charge in [-0.05, 0) is 219 Å². The van der Waals surface area contributed by atoms with Crippen LogP contribution in [0.25, 0.3) is 89.4 Å². The first-order chi connectivity index (χ1) is 44.2. The summed E-state index contributed by atoms with van der Waals surface area (Å²) < 4.78 is 1.06. The van der Waals surface area contributed by atoms with E-state index in [4.69, 9.17) is 15.0 Å². The maximum absolute atomic E-state index is 5.03. The van der Waals surface area contributed by atoms with Gasteiger partial charge in [-0.1, -0.05) is 278 Å². The average Bonchev–Trinajstić information content (AvgIpc) is 0.782. The van der Waals surface area contributed by atoms with Crippen molar-refractivity contribution in [2.24, 2.45) is 0 Å². The summed E-state index contributed by atoms with van der Waals surface area (Å²) in [5.74, 6) is 0.554. The van der Waals surface area contributed by atoms with Crippen LogP contribution in [0, 0.1) is 0 Å². The van der Waals surface area contributed by atoms with Gasteiger partial charge in [-0.15, -0.1) is 0 Å². The third kappa shape index (κ3) is 14.0. The summed E-state index contributed by atoms with van der Waals surface area (Å²) in [5, 5.41) is 0. The largest absolute Gasteiger partial charge is 0.256 e. The molecule has 3 nitrogen and oxygen atoms in total. The Bertz CT molecular complexity index is 4300. The van der Waals surface area contributed by atoms with Gasteiger partial charge in [0.25, 0.3) is 0 Å². The monoisotopic (exact) mass is 1280 g/mol. The van der Waals surface area contributed by atoms with Crippen molar-refractivity contribution in [1.82, 2.24) is 15.0 Å². The van der Waals surface area contributed by atoms with Crippen molar-refractivity contribution in [2.75, 3.05) is 0 Å². The van der Waals surface area contributed by atoms with Crippen molar-refractivity contribution in [3.8, 4) is 89.4 Å². The first-order valence-electron chi connectivity index (χ1n) is 33.6. The Labute approximate surface area is 564 Å². The molecule has 4 heteroatoms. The van der Waals surface area contributed by atoms with E-state index in [0.29, 0.717) is 0 Å². The average molecular weight is 1280 g/mol. The van der Waals surface area contributed by atoms with Crippen molar-refractivity contribution in [1.29, 1.82) is 0 Å². The van der Waals surface area contributed by atoms with Crippen molar-refractivity contribution in [3.05, 3.63) is 280 Å². The van der Waals surface area contributed by atoms with Gasteiger partial charge in [-0.3, -0.25) is 15.0 Å². The molecule has 1 saturated carbocycles. The molecule has 0 bridgehead atoms. The number of pyridine rings is 3.